The summed E-state index contributed by atoms with van der Waals surface area (Å²) in [6, 6.07) is 22.5. The summed E-state index contributed by atoms with van der Waals surface area (Å²) in [7, 11) is -3.08. The van der Waals surface area contributed by atoms with Gasteiger partial charge in [0.05, 0.1) is 29.5 Å². The molecule has 3 aromatic rings. The smallest absolute Gasteiger partial charge is 0.304 e. The molecule has 11 heteroatoms. The Morgan fingerprint density at radius 1 is 1.07 bits per heavy atom. The van der Waals surface area contributed by atoms with Gasteiger partial charge in [0.1, 0.15) is 0 Å². The Balaban J connectivity index is 1.65. The summed E-state index contributed by atoms with van der Waals surface area (Å²) < 4.78 is 26.7. The third kappa shape index (κ3) is 6.94. The molecule has 1 saturated heterocycles. The highest BCUT2D eigenvalue weighted by Gasteiger charge is 2.54. The van der Waals surface area contributed by atoms with Crippen molar-refractivity contribution in [3.8, 4) is 6.07 Å². The van der Waals surface area contributed by atoms with Crippen molar-refractivity contribution in [2.75, 3.05) is 6.54 Å². The number of hydrogen-bond acceptors (Lipinski definition) is 5. The zero-order valence-corrected chi connectivity index (χ0v) is 26.5. The van der Waals surface area contributed by atoms with E-state index in [-0.39, 0.29) is 43.7 Å². The first-order chi connectivity index (χ1) is 21.0. The molecule has 8 nitrogen and oxygen atoms in total. The minimum atomic E-state index is -3.08. The SMILES string of the molecule is C[C@]1(CC(=O)O)C[C@@H](c2cccc(Cl)c2)[C@@H](c2ccc(Cl)cc2)N([C@H](CN(Cc2ccccc2C#N)[SH](=O)=O)C2CC2)C1=O. The fraction of sp³-hybridized carbons (Fsp3) is 0.364. The van der Waals surface area contributed by atoms with E-state index in [9.17, 15) is 28.4 Å². The molecule has 0 radical (unpaired) electrons. The maximum atomic E-state index is 14.7. The Hall–Kier alpha value is -3.42. The lowest BCUT2D eigenvalue weighted by molar-refractivity contribution is -0.161. The Morgan fingerprint density at radius 2 is 1.77 bits per heavy atom. The van der Waals surface area contributed by atoms with Crippen LogP contribution in [0.3, 0.4) is 0 Å². The number of carbonyl (C=O) groups excluding carboxylic acids is 1. The summed E-state index contributed by atoms with van der Waals surface area (Å²) in [4.78, 5) is 28.6. The summed E-state index contributed by atoms with van der Waals surface area (Å²) in [6.45, 7) is 1.67. The molecule has 44 heavy (non-hydrogen) atoms. The van der Waals surface area contributed by atoms with Gasteiger partial charge in [-0.05, 0) is 72.2 Å². The first kappa shape index (κ1) is 32.0. The lowest BCUT2D eigenvalue weighted by atomic mass is 9.67. The number of rotatable bonds is 11. The number of halogens is 2. The number of carboxylic acid groups (broad SMARTS) is 1. The van der Waals surface area contributed by atoms with Gasteiger partial charge in [-0.25, -0.2) is 8.42 Å². The zero-order chi connectivity index (χ0) is 31.6. The third-order valence-corrected chi connectivity index (χ3v) is 10.0. The predicted molar refractivity (Wildman–Crippen MR) is 169 cm³/mol. The van der Waals surface area contributed by atoms with Crippen LogP contribution < -0.4 is 0 Å². The second-order valence-corrected chi connectivity index (χ2v) is 13.9. The molecule has 1 aliphatic heterocycles. The first-order valence-corrected chi connectivity index (χ1v) is 16.3. The van der Waals surface area contributed by atoms with Crippen LogP contribution >= 0.6 is 23.2 Å². The van der Waals surface area contributed by atoms with Crippen molar-refractivity contribution in [2.45, 2.75) is 57.2 Å². The Bertz CT molecular complexity index is 1660. The highest BCUT2D eigenvalue weighted by Crippen LogP contribution is 2.54. The molecule has 1 saturated carbocycles. The monoisotopic (exact) mass is 653 g/mol. The highest BCUT2D eigenvalue weighted by molar-refractivity contribution is 7.69. The normalized spacial score (nSPS) is 22.6. The molecule has 1 amide bonds. The predicted octanol–water partition coefficient (Wildman–Crippen LogP) is 6.21. The molecular weight excluding hydrogens is 621 g/mol. The fourth-order valence-corrected chi connectivity index (χ4v) is 7.45. The zero-order valence-electron chi connectivity index (χ0n) is 24.1. The van der Waals surface area contributed by atoms with Crippen molar-refractivity contribution in [3.63, 3.8) is 0 Å². The summed E-state index contributed by atoms with van der Waals surface area (Å²) in [5.74, 6) is -1.74. The van der Waals surface area contributed by atoms with Gasteiger partial charge in [-0.3, -0.25) is 9.59 Å². The van der Waals surface area contributed by atoms with Crippen molar-refractivity contribution in [1.82, 2.24) is 9.21 Å². The maximum Gasteiger partial charge on any atom is 0.304 e. The lowest BCUT2D eigenvalue weighted by Gasteiger charge is -2.52. The van der Waals surface area contributed by atoms with Gasteiger partial charge in [-0.15, -0.1) is 0 Å². The average molecular weight is 655 g/mol. The average Bonchev–Trinajstić information content (AvgIpc) is 3.82. The van der Waals surface area contributed by atoms with Crippen LogP contribution in [0.4, 0.5) is 0 Å². The van der Waals surface area contributed by atoms with Crippen molar-refractivity contribution in [1.29, 1.82) is 5.26 Å². The van der Waals surface area contributed by atoms with E-state index >= 15 is 0 Å². The molecule has 1 N–H and O–H groups in total. The van der Waals surface area contributed by atoms with E-state index in [0.29, 0.717) is 21.2 Å². The minimum Gasteiger partial charge on any atom is -0.481 e. The van der Waals surface area contributed by atoms with Crippen LogP contribution in [-0.4, -0.2) is 47.2 Å². The molecule has 2 fully saturated rings. The summed E-state index contributed by atoms with van der Waals surface area (Å²) in [5.41, 5.74) is 1.35. The van der Waals surface area contributed by atoms with Crippen LogP contribution in [0, 0.1) is 22.7 Å². The number of hydrogen-bond donors (Lipinski definition) is 2. The van der Waals surface area contributed by atoms with Gasteiger partial charge in [-0.2, -0.15) is 9.57 Å². The first-order valence-electron chi connectivity index (χ1n) is 14.4. The Morgan fingerprint density at radius 3 is 2.39 bits per heavy atom. The number of nitrogens with zero attached hydrogens (tertiary/aromatic N) is 3. The van der Waals surface area contributed by atoms with E-state index in [2.05, 4.69) is 6.07 Å². The number of likely N-dealkylation sites (tertiary alicyclic amines) is 1. The molecule has 0 aromatic heterocycles. The van der Waals surface area contributed by atoms with Crippen molar-refractivity contribution >= 4 is 46.0 Å². The van der Waals surface area contributed by atoms with Crippen LogP contribution in [0.1, 0.15) is 66.8 Å². The van der Waals surface area contributed by atoms with Gasteiger partial charge in [0.2, 0.25) is 16.8 Å². The van der Waals surface area contributed by atoms with Crippen LogP contribution in [0.2, 0.25) is 10.0 Å². The van der Waals surface area contributed by atoms with Crippen molar-refractivity contribution in [3.05, 3.63) is 105 Å². The molecule has 3 aromatic carbocycles. The molecule has 2 aliphatic rings. The second kappa shape index (κ2) is 13.3. The number of thiol groups is 1. The van der Waals surface area contributed by atoms with Crippen LogP contribution in [0.5, 0.6) is 0 Å². The summed E-state index contributed by atoms with van der Waals surface area (Å²) >= 11 is 12.7. The number of nitriles is 1. The number of benzene rings is 3. The third-order valence-electron chi connectivity index (χ3n) is 8.77. The van der Waals surface area contributed by atoms with Crippen molar-refractivity contribution < 1.29 is 23.1 Å². The van der Waals surface area contributed by atoms with E-state index < -0.39 is 34.4 Å². The number of piperidine rings is 1. The number of carbonyl (C=O) groups is 2. The molecule has 0 bridgehead atoms. The van der Waals surface area contributed by atoms with Gasteiger partial charge >= 0.3 is 5.97 Å². The van der Waals surface area contributed by atoms with Gasteiger partial charge in [0.25, 0.3) is 0 Å². The van der Waals surface area contributed by atoms with E-state index in [4.69, 9.17) is 23.2 Å². The number of amides is 1. The lowest BCUT2D eigenvalue weighted by Crippen LogP contribution is -2.58. The summed E-state index contributed by atoms with van der Waals surface area (Å²) in [5, 5.41) is 20.6. The minimum absolute atomic E-state index is 0.00435. The van der Waals surface area contributed by atoms with Crippen molar-refractivity contribution in [2.24, 2.45) is 11.3 Å². The molecular formula is C33H33Cl2N3O5S. The molecule has 4 atom stereocenters. The molecule has 1 aliphatic carbocycles. The van der Waals surface area contributed by atoms with Crippen LogP contribution in [-0.2, 0) is 27.0 Å². The molecule has 230 valence electrons. The highest BCUT2D eigenvalue weighted by atomic mass is 35.5. The second-order valence-electron chi connectivity index (χ2n) is 12.0. The standard InChI is InChI=1S/C33H33Cl2N3O5S/c1-33(17-30(39)40)16-28(23-7-4-8-27(35)15-23)31(22-11-13-26(34)14-12-22)38(32(33)41)29(21-9-10-21)20-37(44(42)43)19-25-6-3-2-5-24(25)18-36/h2-8,11-15,21,28-29,31,44H,9-10,16-17,19-20H2,1H3,(H,39,40)/t28-,29+,31+,33+/m0/s1. The van der Waals surface area contributed by atoms with E-state index in [1.54, 1.807) is 54.3 Å². The molecule has 5 rings (SSSR count). The van der Waals surface area contributed by atoms with Gasteiger partial charge in [0.15, 0.2) is 0 Å². The topological polar surface area (TPSA) is 119 Å². The fourth-order valence-electron chi connectivity index (χ4n) is 6.56. The Kier molecular flexibility index (Phi) is 9.66. The number of aliphatic carboxylic acids is 1. The number of carboxylic acids is 1. The largest absolute Gasteiger partial charge is 0.481 e. The van der Waals surface area contributed by atoms with Gasteiger partial charge < -0.3 is 10.0 Å². The van der Waals surface area contributed by atoms with Crippen LogP contribution in [0.25, 0.3) is 0 Å². The van der Waals surface area contributed by atoms with Gasteiger partial charge in [-0.1, -0.05) is 72.6 Å². The van der Waals surface area contributed by atoms with E-state index in [0.717, 1.165) is 24.0 Å². The van der Waals surface area contributed by atoms with Gasteiger partial charge in [0, 0.05) is 35.1 Å². The van der Waals surface area contributed by atoms with E-state index in [1.165, 1.54) is 4.31 Å². The quantitative estimate of drug-likeness (QED) is 0.238. The molecule has 0 unspecified atom stereocenters. The molecule has 0 spiro atoms. The molecule has 1 heterocycles. The van der Waals surface area contributed by atoms with E-state index in [1.807, 2.05) is 30.3 Å². The van der Waals surface area contributed by atoms with Crippen LogP contribution in [0.15, 0.2) is 72.8 Å². The maximum absolute atomic E-state index is 14.7. The summed E-state index contributed by atoms with van der Waals surface area (Å²) in [6.07, 6.45) is 1.49. The Labute approximate surface area is 268 Å².